The van der Waals surface area contributed by atoms with Crippen molar-refractivity contribution in [3.63, 3.8) is 0 Å². The zero-order valence-electron chi connectivity index (χ0n) is 22.0. The zero-order valence-corrected chi connectivity index (χ0v) is 22.0. The Balaban J connectivity index is 1.21. The summed E-state index contributed by atoms with van der Waals surface area (Å²) in [6, 6.07) is 6.38. The number of hydrogen-bond acceptors (Lipinski definition) is 3. The van der Waals surface area contributed by atoms with Gasteiger partial charge in [-0.3, -0.25) is 0 Å². The third kappa shape index (κ3) is 4.40. The second-order valence-corrected chi connectivity index (χ2v) is 13.4. The summed E-state index contributed by atoms with van der Waals surface area (Å²) in [4.78, 5) is 0. The smallest absolute Gasteiger partial charge is 0.123 e. The lowest BCUT2D eigenvalue weighted by molar-refractivity contribution is -0.174. The molecular formula is C31H47FO3. The summed E-state index contributed by atoms with van der Waals surface area (Å²) < 4.78 is 13.5. The first kappa shape index (κ1) is 25.7. The molecule has 4 saturated carbocycles. The highest BCUT2D eigenvalue weighted by Crippen LogP contribution is 2.68. The van der Waals surface area contributed by atoms with Gasteiger partial charge < -0.3 is 15.3 Å². The topological polar surface area (TPSA) is 60.7 Å². The van der Waals surface area contributed by atoms with Crippen LogP contribution in [0.4, 0.5) is 4.39 Å². The van der Waals surface area contributed by atoms with Crippen molar-refractivity contribution in [3.05, 3.63) is 35.6 Å². The van der Waals surface area contributed by atoms with E-state index >= 15 is 0 Å². The molecule has 0 saturated heterocycles. The van der Waals surface area contributed by atoms with E-state index in [-0.39, 0.29) is 17.2 Å². The molecule has 35 heavy (non-hydrogen) atoms. The number of aliphatic hydroxyl groups is 3. The number of aliphatic hydroxyl groups excluding tert-OH is 3. The van der Waals surface area contributed by atoms with Gasteiger partial charge in [-0.15, -0.1) is 0 Å². The molecule has 4 fully saturated rings. The molecule has 196 valence electrons. The van der Waals surface area contributed by atoms with Crippen molar-refractivity contribution in [2.24, 2.45) is 46.3 Å². The Hall–Kier alpha value is -0.970. The van der Waals surface area contributed by atoms with Crippen LogP contribution < -0.4 is 0 Å². The van der Waals surface area contributed by atoms with Crippen LogP contribution in [0, 0.1) is 52.2 Å². The molecule has 3 nitrogen and oxygen atoms in total. The third-order valence-corrected chi connectivity index (χ3v) is 11.9. The minimum Gasteiger partial charge on any atom is -0.390 e. The summed E-state index contributed by atoms with van der Waals surface area (Å²) >= 11 is 0. The molecule has 1 unspecified atom stereocenters. The molecule has 4 aliphatic carbocycles. The van der Waals surface area contributed by atoms with Crippen molar-refractivity contribution < 1.29 is 19.7 Å². The molecule has 0 spiro atoms. The van der Waals surface area contributed by atoms with Crippen molar-refractivity contribution in [1.82, 2.24) is 0 Å². The molecule has 0 aliphatic heterocycles. The minimum atomic E-state index is -0.583. The Kier molecular flexibility index (Phi) is 7.13. The van der Waals surface area contributed by atoms with Gasteiger partial charge in [0.1, 0.15) is 5.82 Å². The Labute approximate surface area is 211 Å². The number of hydrogen-bond donors (Lipinski definition) is 3. The van der Waals surface area contributed by atoms with Crippen molar-refractivity contribution in [3.8, 4) is 0 Å². The van der Waals surface area contributed by atoms with Crippen LogP contribution in [0.2, 0.25) is 0 Å². The van der Waals surface area contributed by atoms with Gasteiger partial charge in [0.15, 0.2) is 0 Å². The van der Waals surface area contributed by atoms with Crippen molar-refractivity contribution >= 4 is 0 Å². The monoisotopic (exact) mass is 486 g/mol. The van der Waals surface area contributed by atoms with Gasteiger partial charge in [-0.05, 0) is 122 Å². The Morgan fingerprint density at radius 1 is 0.914 bits per heavy atom. The normalized spacial score (nSPS) is 44.7. The van der Waals surface area contributed by atoms with E-state index < -0.39 is 18.3 Å². The number of halogens is 1. The zero-order chi connectivity index (χ0) is 25.0. The van der Waals surface area contributed by atoms with Crippen LogP contribution >= 0.6 is 0 Å². The first-order chi connectivity index (χ1) is 16.6. The maximum Gasteiger partial charge on any atom is 0.123 e. The van der Waals surface area contributed by atoms with E-state index in [2.05, 4.69) is 20.8 Å². The van der Waals surface area contributed by atoms with Gasteiger partial charge >= 0.3 is 0 Å². The highest BCUT2D eigenvalue weighted by atomic mass is 19.1. The Morgan fingerprint density at radius 2 is 1.63 bits per heavy atom. The predicted octanol–water partition coefficient (Wildman–Crippen LogP) is 6.66. The van der Waals surface area contributed by atoms with Crippen LogP contribution in [-0.4, -0.2) is 27.5 Å². The Bertz CT molecular complexity index is 890. The minimum absolute atomic E-state index is 0.180. The summed E-state index contributed by atoms with van der Waals surface area (Å²) in [7, 11) is 0. The maximum absolute atomic E-state index is 13.5. The number of benzene rings is 1. The van der Waals surface area contributed by atoms with Gasteiger partial charge in [0, 0.05) is 0 Å². The van der Waals surface area contributed by atoms with E-state index in [0.29, 0.717) is 29.2 Å². The van der Waals surface area contributed by atoms with Crippen molar-refractivity contribution in [1.29, 1.82) is 0 Å². The Morgan fingerprint density at radius 3 is 2.40 bits per heavy atom. The standard InChI is InChI=1S/C31H47FO3/c1-19(6-4-9-27(33)20-7-5-8-21(32)18-20)23-12-13-24-22-10-11-26-29(35)28(34)15-17-31(26,3)25(22)14-16-30(23,24)2/h5,7-8,18-19,22-29,33-35H,4,6,9-17H2,1-3H3/t19-,22+,23-,24+,25+,26+,27?,28+,29-,30-,31-/m1/s1. The van der Waals surface area contributed by atoms with E-state index in [1.165, 1.54) is 44.2 Å². The molecule has 1 aromatic rings. The molecule has 0 amide bonds. The molecule has 1 aromatic carbocycles. The van der Waals surface area contributed by atoms with Crippen LogP contribution in [0.25, 0.3) is 0 Å². The summed E-state index contributed by atoms with van der Waals surface area (Å²) in [6.45, 7) is 7.44. The quantitative estimate of drug-likeness (QED) is 0.421. The molecule has 0 radical (unpaired) electrons. The van der Waals surface area contributed by atoms with Crippen LogP contribution in [0.15, 0.2) is 24.3 Å². The van der Waals surface area contributed by atoms with Gasteiger partial charge in [0.2, 0.25) is 0 Å². The van der Waals surface area contributed by atoms with E-state index in [1.807, 2.05) is 6.07 Å². The lowest BCUT2D eigenvalue weighted by atomic mass is 9.44. The molecule has 11 atom stereocenters. The molecule has 0 heterocycles. The first-order valence-corrected chi connectivity index (χ1v) is 14.4. The summed E-state index contributed by atoms with van der Waals surface area (Å²) in [5.74, 6) is 3.60. The van der Waals surface area contributed by atoms with Gasteiger partial charge in [-0.25, -0.2) is 4.39 Å². The van der Waals surface area contributed by atoms with Crippen molar-refractivity contribution in [2.45, 2.75) is 110 Å². The second-order valence-electron chi connectivity index (χ2n) is 13.4. The van der Waals surface area contributed by atoms with Gasteiger partial charge in [0.25, 0.3) is 0 Å². The summed E-state index contributed by atoms with van der Waals surface area (Å²) in [6.07, 6.45) is 10.5. The predicted molar refractivity (Wildman–Crippen MR) is 137 cm³/mol. The molecule has 5 rings (SSSR count). The lowest BCUT2D eigenvalue weighted by Crippen LogP contribution is -2.58. The van der Waals surface area contributed by atoms with E-state index in [1.54, 1.807) is 6.07 Å². The fourth-order valence-electron chi connectivity index (χ4n) is 10.0. The van der Waals surface area contributed by atoms with Crippen LogP contribution in [0.1, 0.15) is 103 Å². The number of fused-ring (bicyclic) bond motifs is 5. The van der Waals surface area contributed by atoms with Gasteiger partial charge in [-0.1, -0.05) is 45.7 Å². The maximum atomic E-state index is 13.5. The molecule has 3 N–H and O–H groups in total. The lowest BCUT2D eigenvalue weighted by Gasteiger charge is -2.62. The third-order valence-electron chi connectivity index (χ3n) is 11.9. The van der Waals surface area contributed by atoms with E-state index in [0.717, 1.165) is 49.9 Å². The molecule has 0 bridgehead atoms. The average molecular weight is 487 g/mol. The average Bonchev–Trinajstić information content (AvgIpc) is 3.19. The van der Waals surface area contributed by atoms with Crippen LogP contribution in [0.5, 0.6) is 0 Å². The fraction of sp³-hybridized carbons (Fsp3) is 0.806. The fourth-order valence-corrected chi connectivity index (χ4v) is 10.0. The molecule has 4 aliphatic rings. The molecule has 4 heteroatoms. The first-order valence-electron chi connectivity index (χ1n) is 14.4. The highest BCUT2D eigenvalue weighted by molar-refractivity contribution is 5.18. The van der Waals surface area contributed by atoms with Crippen LogP contribution in [-0.2, 0) is 0 Å². The van der Waals surface area contributed by atoms with Gasteiger partial charge in [0.05, 0.1) is 18.3 Å². The summed E-state index contributed by atoms with van der Waals surface area (Å²) in [5.41, 5.74) is 1.27. The SMILES string of the molecule is C[C@H](CCCC(O)c1cccc(F)c1)[C@H]1CC[C@H]2[C@@H]3CC[C@H]4[C@@H](O)[C@@H](O)CC[C@]4(C)[C@H]3CC[C@]12C. The highest BCUT2D eigenvalue weighted by Gasteiger charge is 2.61. The number of rotatable bonds is 6. The molecule has 0 aromatic heterocycles. The van der Waals surface area contributed by atoms with E-state index in [9.17, 15) is 19.7 Å². The molecular weight excluding hydrogens is 439 g/mol. The largest absolute Gasteiger partial charge is 0.390 e. The second kappa shape index (κ2) is 9.72. The van der Waals surface area contributed by atoms with E-state index in [4.69, 9.17) is 0 Å². The van der Waals surface area contributed by atoms with Crippen LogP contribution in [0.3, 0.4) is 0 Å². The van der Waals surface area contributed by atoms with Crippen molar-refractivity contribution in [2.75, 3.05) is 0 Å². The van der Waals surface area contributed by atoms with Gasteiger partial charge in [-0.2, -0.15) is 0 Å². The summed E-state index contributed by atoms with van der Waals surface area (Å²) in [5, 5.41) is 31.7.